The van der Waals surface area contributed by atoms with Gasteiger partial charge in [-0.25, -0.2) is 0 Å². The molecule has 0 aliphatic rings. The molecule has 0 heterocycles. The number of anilines is 1. The lowest BCUT2D eigenvalue weighted by molar-refractivity contribution is -0.384. The topological polar surface area (TPSA) is 55.2 Å². The number of nitrogens with zero attached hydrogens (tertiary/aromatic N) is 1. The van der Waals surface area contributed by atoms with Gasteiger partial charge in [-0.15, -0.1) is 0 Å². The van der Waals surface area contributed by atoms with Crippen LogP contribution >= 0.6 is 0 Å². The van der Waals surface area contributed by atoms with Crippen LogP contribution in [0.4, 0.5) is 11.4 Å². The van der Waals surface area contributed by atoms with Crippen LogP contribution in [0.1, 0.15) is 31.0 Å². The Hall–Kier alpha value is -2.36. The molecule has 0 saturated heterocycles. The van der Waals surface area contributed by atoms with E-state index in [-0.39, 0.29) is 16.7 Å². The smallest absolute Gasteiger partial charge is 0.292 e. The minimum absolute atomic E-state index is 0.0348. The maximum absolute atomic E-state index is 11.2. The van der Waals surface area contributed by atoms with Gasteiger partial charge in [0.05, 0.1) is 11.0 Å². The second-order valence-electron chi connectivity index (χ2n) is 5.55. The zero-order chi connectivity index (χ0) is 15.4. The average molecular weight is 284 g/mol. The summed E-state index contributed by atoms with van der Waals surface area (Å²) in [5, 5.41) is 14.6. The standard InChI is InChI=1S/C17H20N2O2/c1-12(2)17(14-7-5-4-6-8-14)18-15-10-9-13(3)11-16(15)19(20)21/h4-12,17-18H,1-3H3. The second-order valence-corrected chi connectivity index (χ2v) is 5.55. The summed E-state index contributed by atoms with van der Waals surface area (Å²) in [7, 11) is 0. The largest absolute Gasteiger partial charge is 0.372 e. The average Bonchev–Trinajstić information content (AvgIpc) is 2.46. The maximum atomic E-state index is 11.2. The van der Waals surface area contributed by atoms with Gasteiger partial charge in [0, 0.05) is 6.07 Å². The molecule has 2 rings (SSSR count). The van der Waals surface area contributed by atoms with Gasteiger partial charge in [0.25, 0.3) is 5.69 Å². The van der Waals surface area contributed by atoms with Crippen molar-refractivity contribution in [3.63, 3.8) is 0 Å². The van der Waals surface area contributed by atoms with Gasteiger partial charge >= 0.3 is 0 Å². The van der Waals surface area contributed by atoms with Crippen LogP contribution in [0.15, 0.2) is 48.5 Å². The molecule has 110 valence electrons. The lowest BCUT2D eigenvalue weighted by atomic mass is 9.95. The first-order valence-electron chi connectivity index (χ1n) is 7.05. The Balaban J connectivity index is 2.36. The molecule has 0 amide bonds. The van der Waals surface area contributed by atoms with Crippen molar-refractivity contribution in [1.29, 1.82) is 0 Å². The fourth-order valence-electron chi connectivity index (χ4n) is 2.38. The number of nitrogens with one attached hydrogen (secondary N) is 1. The van der Waals surface area contributed by atoms with Gasteiger partial charge in [0.15, 0.2) is 0 Å². The van der Waals surface area contributed by atoms with Gasteiger partial charge in [0.2, 0.25) is 0 Å². The Labute approximate surface area is 125 Å². The second kappa shape index (κ2) is 6.39. The van der Waals surface area contributed by atoms with Crippen LogP contribution in [0.3, 0.4) is 0 Å². The third-order valence-corrected chi connectivity index (χ3v) is 3.49. The predicted molar refractivity (Wildman–Crippen MR) is 85.5 cm³/mol. The summed E-state index contributed by atoms with van der Waals surface area (Å²) in [6.45, 7) is 6.06. The molecule has 0 aliphatic carbocycles. The van der Waals surface area contributed by atoms with Crippen LogP contribution in [-0.2, 0) is 0 Å². The Morgan fingerprint density at radius 2 is 1.76 bits per heavy atom. The Morgan fingerprint density at radius 1 is 1.10 bits per heavy atom. The molecule has 0 spiro atoms. The molecule has 1 N–H and O–H groups in total. The van der Waals surface area contributed by atoms with E-state index >= 15 is 0 Å². The highest BCUT2D eigenvalue weighted by Crippen LogP contribution is 2.32. The third-order valence-electron chi connectivity index (χ3n) is 3.49. The molecule has 0 aromatic heterocycles. The summed E-state index contributed by atoms with van der Waals surface area (Å²) in [5.74, 6) is 0.313. The van der Waals surface area contributed by atoms with E-state index in [9.17, 15) is 10.1 Å². The number of rotatable bonds is 5. The van der Waals surface area contributed by atoms with Crippen LogP contribution < -0.4 is 5.32 Å². The molecular formula is C17H20N2O2. The van der Waals surface area contributed by atoms with Crippen LogP contribution in [0.25, 0.3) is 0 Å². The Morgan fingerprint density at radius 3 is 2.33 bits per heavy atom. The minimum atomic E-state index is -0.336. The molecule has 0 fully saturated rings. The number of nitro benzene ring substituents is 1. The number of aryl methyl sites for hydroxylation is 1. The Bertz CT molecular complexity index is 624. The molecule has 1 atom stereocenters. The monoisotopic (exact) mass is 284 g/mol. The van der Waals surface area contributed by atoms with E-state index in [1.54, 1.807) is 12.1 Å². The van der Waals surface area contributed by atoms with Crippen molar-refractivity contribution in [2.45, 2.75) is 26.8 Å². The quantitative estimate of drug-likeness (QED) is 0.639. The highest BCUT2D eigenvalue weighted by Gasteiger charge is 2.20. The first kappa shape index (κ1) is 15.0. The van der Waals surface area contributed by atoms with Crippen LogP contribution in [-0.4, -0.2) is 4.92 Å². The fraction of sp³-hybridized carbons (Fsp3) is 0.294. The van der Waals surface area contributed by atoms with Gasteiger partial charge < -0.3 is 5.32 Å². The molecular weight excluding hydrogens is 264 g/mol. The number of benzene rings is 2. The SMILES string of the molecule is Cc1ccc(NC(c2ccccc2)C(C)C)c([N+](=O)[O-])c1. The highest BCUT2D eigenvalue weighted by molar-refractivity contribution is 5.63. The number of hydrogen-bond acceptors (Lipinski definition) is 3. The van der Waals surface area contributed by atoms with Crippen molar-refractivity contribution < 1.29 is 4.92 Å². The van der Waals surface area contributed by atoms with E-state index < -0.39 is 0 Å². The summed E-state index contributed by atoms with van der Waals surface area (Å²) in [4.78, 5) is 10.9. The maximum Gasteiger partial charge on any atom is 0.292 e. The van der Waals surface area contributed by atoms with E-state index in [1.165, 1.54) is 0 Å². The van der Waals surface area contributed by atoms with Crippen LogP contribution in [0.2, 0.25) is 0 Å². The van der Waals surface area contributed by atoms with E-state index in [1.807, 2.05) is 43.3 Å². The van der Waals surface area contributed by atoms with Crippen molar-refractivity contribution in [2.75, 3.05) is 5.32 Å². The van der Waals surface area contributed by atoms with Gasteiger partial charge in [-0.1, -0.05) is 50.2 Å². The van der Waals surface area contributed by atoms with Gasteiger partial charge in [-0.2, -0.15) is 0 Å². The van der Waals surface area contributed by atoms with Crippen molar-refractivity contribution in [1.82, 2.24) is 0 Å². The normalized spacial score (nSPS) is 12.2. The molecule has 2 aromatic rings. The number of nitro groups is 1. The molecule has 0 saturated carbocycles. The van der Waals surface area contributed by atoms with Gasteiger partial charge in [0.1, 0.15) is 5.69 Å². The first-order valence-corrected chi connectivity index (χ1v) is 7.05. The minimum Gasteiger partial charge on any atom is -0.372 e. The summed E-state index contributed by atoms with van der Waals surface area (Å²) in [5.41, 5.74) is 2.69. The summed E-state index contributed by atoms with van der Waals surface area (Å²) in [6.07, 6.45) is 0. The van der Waals surface area contributed by atoms with E-state index in [0.29, 0.717) is 11.6 Å². The summed E-state index contributed by atoms with van der Waals surface area (Å²) >= 11 is 0. The molecule has 4 nitrogen and oxygen atoms in total. The summed E-state index contributed by atoms with van der Waals surface area (Å²) in [6, 6.07) is 15.3. The molecule has 0 bridgehead atoms. The summed E-state index contributed by atoms with van der Waals surface area (Å²) < 4.78 is 0. The van der Waals surface area contributed by atoms with E-state index in [4.69, 9.17) is 0 Å². The van der Waals surface area contributed by atoms with Crippen molar-refractivity contribution in [2.24, 2.45) is 5.92 Å². The lowest BCUT2D eigenvalue weighted by Crippen LogP contribution is -2.17. The fourth-order valence-corrected chi connectivity index (χ4v) is 2.38. The third kappa shape index (κ3) is 3.60. The van der Waals surface area contributed by atoms with Crippen molar-refractivity contribution in [3.05, 3.63) is 69.8 Å². The van der Waals surface area contributed by atoms with Gasteiger partial charge in [-0.05, 0) is 30.0 Å². The van der Waals surface area contributed by atoms with E-state index in [0.717, 1.165) is 11.1 Å². The molecule has 1 unspecified atom stereocenters. The van der Waals surface area contributed by atoms with Crippen molar-refractivity contribution in [3.8, 4) is 0 Å². The zero-order valence-electron chi connectivity index (χ0n) is 12.5. The first-order chi connectivity index (χ1) is 9.99. The predicted octanol–water partition coefficient (Wildman–Crippen LogP) is 4.71. The molecule has 0 radical (unpaired) electrons. The molecule has 2 aromatic carbocycles. The number of hydrogen-bond donors (Lipinski definition) is 1. The lowest BCUT2D eigenvalue weighted by Gasteiger charge is -2.24. The highest BCUT2D eigenvalue weighted by atomic mass is 16.6. The molecule has 4 heteroatoms. The molecule has 21 heavy (non-hydrogen) atoms. The van der Waals surface area contributed by atoms with Crippen LogP contribution in [0, 0.1) is 23.0 Å². The Kier molecular flexibility index (Phi) is 4.58. The van der Waals surface area contributed by atoms with Gasteiger partial charge in [-0.3, -0.25) is 10.1 Å². The van der Waals surface area contributed by atoms with Crippen LogP contribution in [0.5, 0.6) is 0 Å². The zero-order valence-corrected chi connectivity index (χ0v) is 12.5. The van der Waals surface area contributed by atoms with E-state index in [2.05, 4.69) is 19.2 Å². The van der Waals surface area contributed by atoms with Crippen molar-refractivity contribution >= 4 is 11.4 Å². The molecule has 0 aliphatic heterocycles.